The van der Waals surface area contributed by atoms with Crippen LogP contribution < -0.4 is 10.6 Å². The topological polar surface area (TPSA) is 50.4 Å². The van der Waals surface area contributed by atoms with Crippen LogP contribution in [0.1, 0.15) is 64.2 Å². The predicted molar refractivity (Wildman–Crippen MR) is 76.2 cm³/mol. The molecule has 19 heavy (non-hydrogen) atoms. The highest BCUT2D eigenvalue weighted by atomic mass is 16.5. The SMILES string of the molecule is O=C(NCCCOC1CCCC1)NC1CCCCC1. The van der Waals surface area contributed by atoms with Crippen molar-refractivity contribution in [3.63, 3.8) is 0 Å². The average molecular weight is 268 g/mol. The van der Waals surface area contributed by atoms with Crippen molar-refractivity contribution in [1.29, 1.82) is 0 Å². The van der Waals surface area contributed by atoms with Crippen molar-refractivity contribution in [2.24, 2.45) is 0 Å². The molecule has 2 saturated carbocycles. The Balaban J connectivity index is 1.44. The van der Waals surface area contributed by atoms with Crippen LogP contribution in [0.4, 0.5) is 4.79 Å². The first kappa shape index (κ1) is 14.6. The summed E-state index contributed by atoms with van der Waals surface area (Å²) in [5, 5.41) is 5.99. The van der Waals surface area contributed by atoms with Crippen molar-refractivity contribution in [1.82, 2.24) is 10.6 Å². The third-order valence-electron chi connectivity index (χ3n) is 4.20. The first-order valence-electron chi connectivity index (χ1n) is 8.00. The molecule has 0 radical (unpaired) electrons. The zero-order valence-electron chi connectivity index (χ0n) is 12.0. The molecule has 4 heteroatoms. The Hall–Kier alpha value is -0.770. The normalized spacial score (nSPS) is 21.5. The minimum atomic E-state index is -0.00670. The average Bonchev–Trinajstić information content (AvgIpc) is 2.92. The van der Waals surface area contributed by atoms with E-state index < -0.39 is 0 Å². The molecule has 0 saturated heterocycles. The Morgan fingerprint density at radius 2 is 1.68 bits per heavy atom. The second kappa shape index (κ2) is 8.41. The van der Waals surface area contributed by atoms with Crippen LogP contribution in [-0.2, 0) is 4.74 Å². The number of urea groups is 1. The fourth-order valence-corrected chi connectivity index (χ4v) is 3.06. The maximum Gasteiger partial charge on any atom is 0.315 e. The summed E-state index contributed by atoms with van der Waals surface area (Å²) in [7, 11) is 0. The summed E-state index contributed by atoms with van der Waals surface area (Å²) in [6.45, 7) is 1.49. The lowest BCUT2D eigenvalue weighted by Gasteiger charge is -2.22. The van der Waals surface area contributed by atoms with Crippen LogP contribution in [0.25, 0.3) is 0 Å². The van der Waals surface area contributed by atoms with E-state index in [1.807, 2.05) is 0 Å². The zero-order chi connectivity index (χ0) is 13.3. The molecule has 2 aliphatic rings. The summed E-state index contributed by atoms with van der Waals surface area (Å²) in [6, 6.07) is 0.385. The van der Waals surface area contributed by atoms with Gasteiger partial charge in [-0.3, -0.25) is 0 Å². The third-order valence-corrected chi connectivity index (χ3v) is 4.20. The van der Waals surface area contributed by atoms with Crippen LogP contribution in [0.5, 0.6) is 0 Å². The van der Waals surface area contributed by atoms with Gasteiger partial charge in [0.25, 0.3) is 0 Å². The van der Waals surface area contributed by atoms with E-state index in [2.05, 4.69) is 10.6 Å². The largest absolute Gasteiger partial charge is 0.378 e. The Labute approximate surface area is 116 Å². The van der Waals surface area contributed by atoms with Crippen molar-refractivity contribution in [2.45, 2.75) is 76.4 Å². The molecule has 2 amide bonds. The minimum Gasteiger partial charge on any atom is -0.378 e. The molecule has 0 aromatic rings. The van der Waals surface area contributed by atoms with E-state index in [0.29, 0.717) is 18.7 Å². The summed E-state index contributed by atoms with van der Waals surface area (Å²) >= 11 is 0. The molecular formula is C15H28N2O2. The van der Waals surface area contributed by atoms with Crippen LogP contribution in [0.3, 0.4) is 0 Å². The van der Waals surface area contributed by atoms with E-state index in [0.717, 1.165) is 25.9 Å². The first-order valence-corrected chi connectivity index (χ1v) is 8.00. The number of amides is 2. The smallest absolute Gasteiger partial charge is 0.315 e. The Bertz CT molecular complexity index is 259. The first-order chi connectivity index (χ1) is 9.34. The molecular weight excluding hydrogens is 240 g/mol. The maximum atomic E-state index is 11.7. The van der Waals surface area contributed by atoms with Crippen molar-refractivity contribution in [2.75, 3.05) is 13.2 Å². The Kier molecular flexibility index (Phi) is 6.48. The van der Waals surface area contributed by atoms with E-state index in [-0.39, 0.29) is 6.03 Å². The van der Waals surface area contributed by atoms with Crippen LogP contribution in [0.15, 0.2) is 0 Å². The molecule has 2 N–H and O–H groups in total. The maximum absolute atomic E-state index is 11.7. The van der Waals surface area contributed by atoms with Crippen molar-refractivity contribution in [3.8, 4) is 0 Å². The highest BCUT2D eigenvalue weighted by molar-refractivity contribution is 5.74. The van der Waals surface area contributed by atoms with Gasteiger partial charge in [0, 0.05) is 19.2 Å². The van der Waals surface area contributed by atoms with Crippen molar-refractivity contribution < 1.29 is 9.53 Å². The highest BCUT2D eigenvalue weighted by Crippen LogP contribution is 2.20. The monoisotopic (exact) mass is 268 g/mol. The summed E-state index contributed by atoms with van der Waals surface area (Å²) < 4.78 is 5.76. The van der Waals surface area contributed by atoms with Gasteiger partial charge in [-0.2, -0.15) is 0 Å². The van der Waals surface area contributed by atoms with E-state index in [4.69, 9.17) is 4.74 Å². The predicted octanol–water partition coefficient (Wildman–Crippen LogP) is 2.97. The molecule has 0 atom stereocenters. The number of carbonyl (C=O) groups is 1. The molecule has 0 aliphatic heterocycles. The second-order valence-corrected chi connectivity index (χ2v) is 5.87. The quantitative estimate of drug-likeness (QED) is 0.728. The Morgan fingerprint density at radius 1 is 1.00 bits per heavy atom. The van der Waals surface area contributed by atoms with Gasteiger partial charge < -0.3 is 15.4 Å². The van der Waals surface area contributed by atoms with E-state index >= 15 is 0 Å². The van der Waals surface area contributed by atoms with Crippen LogP contribution in [0, 0.1) is 0 Å². The fourth-order valence-electron chi connectivity index (χ4n) is 3.06. The molecule has 110 valence electrons. The zero-order valence-corrected chi connectivity index (χ0v) is 12.0. The number of nitrogens with one attached hydrogen (secondary N) is 2. The summed E-state index contributed by atoms with van der Waals surface area (Å²) in [5.74, 6) is 0. The van der Waals surface area contributed by atoms with Crippen molar-refractivity contribution in [3.05, 3.63) is 0 Å². The molecule has 0 unspecified atom stereocenters. The lowest BCUT2D eigenvalue weighted by atomic mass is 9.96. The van der Waals surface area contributed by atoms with Crippen LogP contribution >= 0.6 is 0 Å². The second-order valence-electron chi connectivity index (χ2n) is 5.87. The highest BCUT2D eigenvalue weighted by Gasteiger charge is 2.16. The third kappa shape index (κ3) is 5.81. The molecule has 4 nitrogen and oxygen atoms in total. The lowest BCUT2D eigenvalue weighted by molar-refractivity contribution is 0.0572. The van der Waals surface area contributed by atoms with Gasteiger partial charge in [0.2, 0.25) is 0 Å². The van der Waals surface area contributed by atoms with Crippen LogP contribution in [0.2, 0.25) is 0 Å². The molecule has 0 aromatic heterocycles. The van der Waals surface area contributed by atoms with Gasteiger partial charge >= 0.3 is 6.03 Å². The summed E-state index contributed by atoms with van der Waals surface area (Å²) in [6.07, 6.45) is 12.5. The molecule has 0 bridgehead atoms. The minimum absolute atomic E-state index is 0.00670. The summed E-state index contributed by atoms with van der Waals surface area (Å²) in [4.78, 5) is 11.7. The van der Waals surface area contributed by atoms with Gasteiger partial charge in [-0.1, -0.05) is 32.1 Å². The molecule has 0 heterocycles. The van der Waals surface area contributed by atoms with Crippen molar-refractivity contribution >= 4 is 6.03 Å². The number of carbonyl (C=O) groups excluding carboxylic acids is 1. The number of ether oxygens (including phenoxy) is 1. The van der Waals surface area contributed by atoms with Gasteiger partial charge in [0.05, 0.1) is 6.10 Å². The van der Waals surface area contributed by atoms with Crippen LogP contribution in [-0.4, -0.2) is 31.3 Å². The Morgan fingerprint density at radius 3 is 2.42 bits per heavy atom. The van der Waals surface area contributed by atoms with Gasteiger partial charge in [-0.05, 0) is 32.1 Å². The molecule has 0 aromatic carbocycles. The van der Waals surface area contributed by atoms with E-state index in [9.17, 15) is 4.79 Å². The molecule has 2 fully saturated rings. The standard InChI is InChI=1S/C15H28N2O2/c18-15(17-13-7-2-1-3-8-13)16-11-6-12-19-14-9-4-5-10-14/h13-14H,1-12H2,(H2,16,17,18). The van der Waals surface area contributed by atoms with Gasteiger partial charge in [0.1, 0.15) is 0 Å². The molecule has 2 aliphatic carbocycles. The number of rotatable bonds is 6. The van der Waals surface area contributed by atoms with E-state index in [1.165, 1.54) is 44.9 Å². The fraction of sp³-hybridized carbons (Fsp3) is 0.933. The lowest BCUT2D eigenvalue weighted by Crippen LogP contribution is -2.43. The van der Waals surface area contributed by atoms with E-state index in [1.54, 1.807) is 0 Å². The number of hydrogen-bond donors (Lipinski definition) is 2. The van der Waals surface area contributed by atoms with Gasteiger partial charge in [-0.25, -0.2) is 4.79 Å². The summed E-state index contributed by atoms with van der Waals surface area (Å²) in [5.41, 5.74) is 0. The molecule has 0 spiro atoms. The molecule has 2 rings (SSSR count). The number of hydrogen-bond acceptors (Lipinski definition) is 2. The van der Waals surface area contributed by atoms with Gasteiger partial charge in [0.15, 0.2) is 0 Å². The van der Waals surface area contributed by atoms with Gasteiger partial charge in [-0.15, -0.1) is 0 Å².